The van der Waals surface area contributed by atoms with E-state index >= 15 is 0 Å². The molecular weight excluding hydrogens is 275 g/mol. The third-order valence-electron chi connectivity index (χ3n) is 3.87. The van der Waals surface area contributed by atoms with E-state index in [9.17, 15) is 9.50 Å². The summed E-state index contributed by atoms with van der Waals surface area (Å²) in [4.78, 5) is 0. The summed E-state index contributed by atoms with van der Waals surface area (Å²) in [5, 5.41) is 11.3. The number of hydrogen-bond donors (Lipinski definition) is 1. The first-order valence-electron chi connectivity index (χ1n) is 7.27. The first kappa shape index (κ1) is 14.5. The molecule has 1 unspecified atom stereocenters. The Hall–Kier alpha value is -2.45. The summed E-state index contributed by atoms with van der Waals surface area (Å²) in [5.74, 6) is -0.398. The molecule has 22 heavy (non-hydrogen) atoms. The minimum atomic E-state index is -1.39. The van der Waals surface area contributed by atoms with Crippen LogP contribution < -0.4 is 0 Å². The SMILES string of the molecule is OC(Cc1ccccc1)(c1ccccc1)c1ccccc1F. The molecule has 0 aliphatic carbocycles. The van der Waals surface area contributed by atoms with Crippen LogP contribution in [-0.4, -0.2) is 5.11 Å². The quantitative estimate of drug-likeness (QED) is 0.760. The van der Waals surface area contributed by atoms with Crippen LogP contribution in [0.3, 0.4) is 0 Å². The maximum absolute atomic E-state index is 14.3. The second-order valence-electron chi connectivity index (χ2n) is 5.37. The van der Waals surface area contributed by atoms with Crippen LogP contribution in [0, 0.1) is 5.82 Å². The van der Waals surface area contributed by atoms with Crippen LogP contribution in [0.5, 0.6) is 0 Å². The van der Waals surface area contributed by atoms with E-state index in [-0.39, 0.29) is 0 Å². The molecule has 0 saturated carbocycles. The minimum Gasteiger partial charge on any atom is -0.380 e. The van der Waals surface area contributed by atoms with Gasteiger partial charge in [0.1, 0.15) is 11.4 Å². The van der Waals surface area contributed by atoms with E-state index in [1.54, 1.807) is 18.2 Å². The minimum absolute atomic E-state index is 0.296. The largest absolute Gasteiger partial charge is 0.380 e. The molecule has 0 saturated heterocycles. The Morgan fingerprint density at radius 3 is 1.91 bits per heavy atom. The van der Waals surface area contributed by atoms with Crippen LogP contribution in [0.25, 0.3) is 0 Å². The molecule has 0 heterocycles. The number of rotatable bonds is 4. The maximum Gasteiger partial charge on any atom is 0.129 e. The van der Waals surface area contributed by atoms with Crippen LogP contribution >= 0.6 is 0 Å². The number of benzene rings is 3. The standard InChI is InChI=1S/C20H17FO/c21-19-14-8-7-13-18(19)20(22,17-11-5-2-6-12-17)15-16-9-3-1-4-10-16/h1-14,22H,15H2. The van der Waals surface area contributed by atoms with Crippen LogP contribution in [0.1, 0.15) is 16.7 Å². The first-order chi connectivity index (χ1) is 10.7. The molecule has 1 atom stereocenters. The van der Waals surface area contributed by atoms with Crippen LogP contribution in [0.2, 0.25) is 0 Å². The van der Waals surface area contributed by atoms with Crippen molar-refractivity contribution in [1.82, 2.24) is 0 Å². The average Bonchev–Trinajstić information content (AvgIpc) is 2.57. The highest BCUT2D eigenvalue weighted by molar-refractivity contribution is 5.39. The fraction of sp³-hybridized carbons (Fsp3) is 0.100. The molecule has 0 spiro atoms. The molecule has 1 N–H and O–H groups in total. The van der Waals surface area contributed by atoms with Gasteiger partial charge in [-0.2, -0.15) is 0 Å². The van der Waals surface area contributed by atoms with Crippen LogP contribution in [0.15, 0.2) is 84.9 Å². The van der Waals surface area contributed by atoms with E-state index in [0.717, 1.165) is 5.56 Å². The second-order valence-corrected chi connectivity index (χ2v) is 5.37. The molecule has 0 aromatic heterocycles. The summed E-state index contributed by atoms with van der Waals surface area (Å²) >= 11 is 0. The van der Waals surface area contributed by atoms with E-state index in [0.29, 0.717) is 17.5 Å². The summed E-state index contributed by atoms with van der Waals surface area (Å²) in [6.45, 7) is 0. The van der Waals surface area contributed by atoms with Crippen molar-refractivity contribution < 1.29 is 9.50 Å². The molecule has 0 aliphatic heterocycles. The molecule has 3 rings (SSSR count). The monoisotopic (exact) mass is 292 g/mol. The first-order valence-corrected chi connectivity index (χ1v) is 7.27. The van der Waals surface area contributed by atoms with Gasteiger partial charge in [-0.25, -0.2) is 4.39 Å². The molecule has 3 aromatic carbocycles. The topological polar surface area (TPSA) is 20.2 Å². The van der Waals surface area contributed by atoms with Gasteiger partial charge >= 0.3 is 0 Å². The average molecular weight is 292 g/mol. The highest BCUT2D eigenvalue weighted by Gasteiger charge is 2.34. The Morgan fingerprint density at radius 2 is 1.27 bits per heavy atom. The zero-order valence-corrected chi connectivity index (χ0v) is 12.1. The van der Waals surface area contributed by atoms with Gasteiger partial charge in [-0.1, -0.05) is 78.9 Å². The van der Waals surface area contributed by atoms with Crippen molar-refractivity contribution in [1.29, 1.82) is 0 Å². The van der Waals surface area contributed by atoms with Crippen LogP contribution in [-0.2, 0) is 12.0 Å². The molecule has 0 aliphatic rings. The van der Waals surface area contributed by atoms with E-state index in [2.05, 4.69) is 0 Å². The van der Waals surface area contributed by atoms with Crippen molar-refractivity contribution in [2.24, 2.45) is 0 Å². The van der Waals surface area contributed by atoms with Gasteiger partial charge in [0.15, 0.2) is 0 Å². The number of aliphatic hydroxyl groups is 1. The molecule has 2 heteroatoms. The highest BCUT2D eigenvalue weighted by Crippen LogP contribution is 2.34. The van der Waals surface area contributed by atoms with E-state index in [4.69, 9.17) is 0 Å². The Labute approximate surface area is 129 Å². The van der Waals surface area contributed by atoms with Gasteiger partial charge in [-0.15, -0.1) is 0 Å². The van der Waals surface area contributed by atoms with Gasteiger partial charge in [0, 0.05) is 12.0 Å². The lowest BCUT2D eigenvalue weighted by Gasteiger charge is -2.30. The zero-order chi connectivity index (χ0) is 15.4. The lowest BCUT2D eigenvalue weighted by atomic mass is 9.81. The van der Waals surface area contributed by atoms with E-state index in [1.807, 2.05) is 60.7 Å². The van der Waals surface area contributed by atoms with Gasteiger partial charge in [0.2, 0.25) is 0 Å². The third kappa shape index (κ3) is 2.78. The van der Waals surface area contributed by atoms with Crippen molar-refractivity contribution >= 4 is 0 Å². The smallest absolute Gasteiger partial charge is 0.129 e. The van der Waals surface area contributed by atoms with Gasteiger partial charge in [0.25, 0.3) is 0 Å². The van der Waals surface area contributed by atoms with Gasteiger partial charge < -0.3 is 5.11 Å². The predicted molar refractivity (Wildman–Crippen MR) is 86.0 cm³/mol. The molecular formula is C20H17FO. The molecule has 0 radical (unpaired) electrons. The number of hydrogen-bond acceptors (Lipinski definition) is 1. The maximum atomic E-state index is 14.3. The molecule has 0 bridgehead atoms. The lowest BCUT2D eigenvalue weighted by molar-refractivity contribution is 0.0771. The Kier molecular flexibility index (Phi) is 4.03. The van der Waals surface area contributed by atoms with Crippen molar-refractivity contribution in [3.63, 3.8) is 0 Å². The zero-order valence-electron chi connectivity index (χ0n) is 12.1. The normalized spacial score (nSPS) is 13.5. The lowest BCUT2D eigenvalue weighted by Crippen LogP contribution is -2.31. The third-order valence-corrected chi connectivity index (χ3v) is 3.87. The van der Waals surface area contributed by atoms with Gasteiger partial charge in [-0.3, -0.25) is 0 Å². The number of halogens is 1. The Morgan fingerprint density at radius 1 is 0.727 bits per heavy atom. The second kappa shape index (κ2) is 6.12. The molecule has 0 amide bonds. The molecule has 1 nitrogen and oxygen atoms in total. The molecule has 3 aromatic rings. The van der Waals surface area contributed by atoms with Crippen molar-refractivity contribution in [3.05, 3.63) is 107 Å². The summed E-state index contributed by atoms with van der Waals surface area (Å²) in [7, 11) is 0. The highest BCUT2D eigenvalue weighted by atomic mass is 19.1. The fourth-order valence-electron chi connectivity index (χ4n) is 2.75. The van der Waals surface area contributed by atoms with Crippen molar-refractivity contribution in [2.45, 2.75) is 12.0 Å². The van der Waals surface area contributed by atoms with Gasteiger partial charge in [-0.05, 0) is 17.2 Å². The summed E-state index contributed by atoms with van der Waals surface area (Å²) < 4.78 is 14.3. The van der Waals surface area contributed by atoms with Crippen molar-refractivity contribution in [3.8, 4) is 0 Å². The van der Waals surface area contributed by atoms with Crippen LogP contribution in [0.4, 0.5) is 4.39 Å². The summed E-state index contributed by atoms with van der Waals surface area (Å²) in [5.41, 5.74) is 0.541. The predicted octanol–water partition coefficient (Wildman–Crippen LogP) is 4.30. The van der Waals surface area contributed by atoms with E-state index in [1.165, 1.54) is 6.07 Å². The Bertz CT molecular complexity index is 740. The van der Waals surface area contributed by atoms with Crippen molar-refractivity contribution in [2.75, 3.05) is 0 Å². The Balaban J connectivity index is 2.12. The molecule has 110 valence electrons. The summed E-state index contributed by atoms with van der Waals surface area (Å²) in [6, 6.07) is 25.3. The summed E-state index contributed by atoms with van der Waals surface area (Å²) in [6.07, 6.45) is 0.318. The van der Waals surface area contributed by atoms with Gasteiger partial charge in [0.05, 0.1) is 0 Å². The van der Waals surface area contributed by atoms with E-state index < -0.39 is 11.4 Å². The molecule has 0 fully saturated rings. The fourth-order valence-corrected chi connectivity index (χ4v) is 2.75.